The number of halogens is 1. The molecule has 0 saturated heterocycles. The highest BCUT2D eigenvalue weighted by atomic mass is 79.9. The van der Waals surface area contributed by atoms with E-state index in [9.17, 15) is 0 Å². The zero-order chi connectivity index (χ0) is 31.6. The normalized spacial score (nSPS) is 20.8. The Morgan fingerprint density at radius 2 is 1.17 bits per heavy atom. The lowest BCUT2D eigenvalue weighted by molar-refractivity contribution is 0.597. The van der Waals surface area contributed by atoms with Gasteiger partial charge in [-0.3, -0.25) is 0 Å². The van der Waals surface area contributed by atoms with Crippen LogP contribution < -0.4 is 37.1 Å². The molecule has 5 aromatic carbocycles. The maximum Gasteiger partial charge on any atom is 0.246 e. The largest absolute Gasteiger partial charge is 0.310 e. The molecular formula is C42H33B2BrN2. The third-order valence-corrected chi connectivity index (χ3v) is 13.0. The molecule has 5 heterocycles. The molecule has 0 N–H and O–H groups in total. The van der Waals surface area contributed by atoms with Gasteiger partial charge in [0.25, 0.3) is 0 Å². The molecule has 0 radical (unpaired) electrons. The van der Waals surface area contributed by atoms with Crippen LogP contribution in [-0.2, 0) is 10.8 Å². The number of benzene rings is 5. The van der Waals surface area contributed by atoms with Gasteiger partial charge >= 0.3 is 0 Å². The fraction of sp³-hybridized carbons (Fsp3) is 0.190. The highest BCUT2D eigenvalue weighted by Crippen LogP contribution is 2.67. The molecule has 1 atom stereocenters. The quantitative estimate of drug-likeness (QED) is 0.179. The summed E-state index contributed by atoms with van der Waals surface area (Å²) in [6.45, 7) is 10.2. The molecule has 1 unspecified atom stereocenters. The van der Waals surface area contributed by atoms with Crippen LogP contribution in [0, 0.1) is 0 Å². The smallest absolute Gasteiger partial charge is 0.246 e. The first kappa shape index (κ1) is 26.8. The van der Waals surface area contributed by atoms with Crippen LogP contribution >= 0.6 is 15.9 Å². The van der Waals surface area contributed by atoms with Gasteiger partial charge in [-0.1, -0.05) is 158 Å². The molecule has 0 amide bonds. The van der Waals surface area contributed by atoms with Crippen molar-refractivity contribution >= 4 is 85.1 Å². The van der Waals surface area contributed by atoms with E-state index in [1.165, 1.54) is 88.2 Å². The van der Waals surface area contributed by atoms with E-state index >= 15 is 0 Å². The van der Waals surface area contributed by atoms with Gasteiger partial charge in [0.1, 0.15) is 0 Å². The van der Waals surface area contributed by atoms with Crippen molar-refractivity contribution < 1.29 is 0 Å². The monoisotopic (exact) mass is 666 g/mol. The van der Waals surface area contributed by atoms with Crippen LogP contribution in [0.1, 0.15) is 50.8 Å². The Morgan fingerprint density at radius 1 is 0.574 bits per heavy atom. The Balaban J connectivity index is 1.35. The van der Waals surface area contributed by atoms with Crippen molar-refractivity contribution in [1.29, 1.82) is 0 Å². The first-order valence-electron chi connectivity index (χ1n) is 17.1. The Bertz CT molecular complexity index is 2320. The molecule has 224 valence electrons. The fourth-order valence-electron chi connectivity index (χ4n) is 10.5. The molecular weight excluding hydrogens is 634 g/mol. The summed E-state index contributed by atoms with van der Waals surface area (Å²) in [6, 6.07) is 39.5. The van der Waals surface area contributed by atoms with Gasteiger partial charge in [0.15, 0.2) is 0 Å². The van der Waals surface area contributed by atoms with Crippen molar-refractivity contribution in [3.8, 4) is 0 Å². The lowest BCUT2D eigenvalue weighted by atomic mass is 9.29. The van der Waals surface area contributed by atoms with E-state index in [0.29, 0.717) is 5.82 Å². The van der Waals surface area contributed by atoms with Gasteiger partial charge < -0.3 is 9.80 Å². The van der Waals surface area contributed by atoms with E-state index < -0.39 is 0 Å². The first-order valence-corrected chi connectivity index (χ1v) is 17.9. The minimum atomic E-state index is -0.154. The van der Waals surface area contributed by atoms with Crippen LogP contribution in [0.5, 0.6) is 0 Å². The number of rotatable bonds is 2. The van der Waals surface area contributed by atoms with Crippen molar-refractivity contribution in [2.75, 3.05) is 9.80 Å². The van der Waals surface area contributed by atoms with E-state index in [1.807, 2.05) is 0 Å². The van der Waals surface area contributed by atoms with E-state index in [-0.39, 0.29) is 24.3 Å². The lowest BCUT2D eigenvalue weighted by Gasteiger charge is -2.59. The van der Waals surface area contributed by atoms with Gasteiger partial charge in [0, 0.05) is 22.2 Å². The summed E-state index contributed by atoms with van der Waals surface area (Å²) in [5.41, 5.74) is 21.0. The molecule has 0 saturated carbocycles. The van der Waals surface area contributed by atoms with Gasteiger partial charge in [-0.25, -0.2) is 0 Å². The molecule has 5 heteroatoms. The maximum absolute atomic E-state index is 4.06. The molecule has 0 fully saturated rings. The molecule has 2 nitrogen and oxygen atoms in total. The van der Waals surface area contributed by atoms with Gasteiger partial charge in [-0.05, 0) is 61.4 Å². The van der Waals surface area contributed by atoms with Crippen molar-refractivity contribution in [3.63, 3.8) is 0 Å². The summed E-state index contributed by atoms with van der Waals surface area (Å²) in [7, 11) is 0. The molecule has 0 bridgehead atoms. The Hall–Kier alpha value is -4.21. The van der Waals surface area contributed by atoms with Crippen LogP contribution in [0.25, 0.3) is 0 Å². The average molecular weight is 667 g/mol. The molecule has 6 aliphatic rings. The average Bonchev–Trinajstić information content (AvgIpc) is 3.08. The standard InChI is InChI=1S/C42H33B2BrN2/c1-41(2)27-16-11-17-31-35(27)46-37-28(41)18-21-33-40(37)47-36-30(22-26(45)23-34(36)44(33)25-14-9-6-10-15-25)42(3,4)29-19-20-32(39(46)38(29)47)43(31)24-12-7-5-8-13-24/h5-22,34H,23H2,1-4H3. The van der Waals surface area contributed by atoms with Gasteiger partial charge in [0.2, 0.25) is 13.4 Å². The Morgan fingerprint density at radius 3 is 1.91 bits per heavy atom. The molecule has 0 spiro atoms. The number of anilines is 5. The minimum Gasteiger partial charge on any atom is -0.310 e. The summed E-state index contributed by atoms with van der Waals surface area (Å²) in [5, 5.41) is 0. The molecule has 5 aromatic rings. The lowest BCUT2D eigenvalue weighted by Crippen LogP contribution is -2.62. The zero-order valence-electron chi connectivity index (χ0n) is 27.1. The van der Waals surface area contributed by atoms with Gasteiger partial charge in [0.05, 0.1) is 22.7 Å². The molecule has 5 aliphatic heterocycles. The predicted octanol–water partition coefficient (Wildman–Crippen LogP) is 7.30. The van der Waals surface area contributed by atoms with Crippen molar-refractivity contribution in [3.05, 3.63) is 142 Å². The third-order valence-electron chi connectivity index (χ3n) is 12.5. The van der Waals surface area contributed by atoms with E-state index in [1.54, 1.807) is 0 Å². The SMILES string of the molecule is CC1(C)C2=C3C(CC(Br)=C2)B(c2ccccc2)c2ccc4c5c2N3c2c1ccc1c2N5c2c(cccc2C4(C)C)B1c1ccccc1. The fourth-order valence-corrected chi connectivity index (χ4v) is 11.0. The molecule has 11 rings (SSSR count). The number of nitrogens with zero attached hydrogens (tertiary/aromatic N) is 2. The molecule has 1 aliphatic carbocycles. The minimum absolute atomic E-state index is 0.152. The number of allylic oxidation sites excluding steroid dienone is 4. The van der Waals surface area contributed by atoms with Gasteiger partial charge in [-0.2, -0.15) is 0 Å². The number of hydrogen-bond acceptors (Lipinski definition) is 2. The topological polar surface area (TPSA) is 6.48 Å². The summed E-state index contributed by atoms with van der Waals surface area (Å²) < 4.78 is 1.31. The highest BCUT2D eigenvalue weighted by Gasteiger charge is 2.57. The summed E-state index contributed by atoms with van der Waals surface area (Å²) >= 11 is 4.06. The molecule has 0 aromatic heterocycles. The Labute approximate surface area is 286 Å². The van der Waals surface area contributed by atoms with Crippen molar-refractivity contribution in [2.24, 2.45) is 0 Å². The summed E-state index contributed by atoms with van der Waals surface area (Å²) in [4.78, 5) is 5.50. The zero-order valence-corrected chi connectivity index (χ0v) is 28.7. The summed E-state index contributed by atoms with van der Waals surface area (Å²) in [6.07, 6.45) is 3.47. The first-order chi connectivity index (χ1) is 22.8. The summed E-state index contributed by atoms with van der Waals surface area (Å²) in [5.74, 6) is 0.333. The highest BCUT2D eigenvalue weighted by molar-refractivity contribution is 9.11. The number of para-hydroxylation sites is 1. The maximum atomic E-state index is 4.06. The van der Waals surface area contributed by atoms with Crippen molar-refractivity contribution in [2.45, 2.75) is 50.8 Å². The predicted molar refractivity (Wildman–Crippen MR) is 203 cm³/mol. The number of hydrogen-bond donors (Lipinski definition) is 0. The van der Waals surface area contributed by atoms with Crippen LogP contribution in [0.15, 0.2) is 125 Å². The van der Waals surface area contributed by atoms with Crippen molar-refractivity contribution in [1.82, 2.24) is 0 Å². The second-order valence-corrected chi connectivity index (χ2v) is 16.4. The third kappa shape index (κ3) is 3.03. The Kier molecular flexibility index (Phi) is 4.92. The second-order valence-electron chi connectivity index (χ2n) is 15.4. The van der Waals surface area contributed by atoms with Crippen LogP contribution in [0.2, 0.25) is 5.82 Å². The van der Waals surface area contributed by atoms with E-state index in [0.717, 1.165) is 6.42 Å². The van der Waals surface area contributed by atoms with E-state index in [2.05, 4.69) is 163 Å². The van der Waals surface area contributed by atoms with Gasteiger partial charge in [-0.15, -0.1) is 0 Å². The molecule has 47 heavy (non-hydrogen) atoms. The van der Waals surface area contributed by atoms with Crippen LogP contribution in [-0.4, -0.2) is 13.4 Å². The second kappa shape index (κ2) is 8.62. The van der Waals surface area contributed by atoms with E-state index in [4.69, 9.17) is 0 Å². The van der Waals surface area contributed by atoms with Crippen LogP contribution in [0.4, 0.5) is 28.4 Å². The van der Waals surface area contributed by atoms with Crippen LogP contribution in [0.3, 0.4) is 0 Å².